The molecule has 3 rings (SSSR count). The summed E-state index contributed by atoms with van der Waals surface area (Å²) >= 11 is 9.12. The monoisotopic (exact) mass is 597 g/mol. The van der Waals surface area contributed by atoms with Crippen LogP contribution in [-0.2, 0) is 9.71 Å². The Morgan fingerprint density at radius 3 is 2.81 bits per heavy atom. The van der Waals surface area contributed by atoms with Crippen LogP contribution in [0.15, 0.2) is 58.3 Å². The Labute approximate surface area is 220 Å². The van der Waals surface area contributed by atoms with Gasteiger partial charge in [0.05, 0.1) is 48.6 Å². The van der Waals surface area contributed by atoms with Crippen molar-refractivity contribution < 1.29 is 18.7 Å². The second-order valence-electron chi connectivity index (χ2n) is 7.18. The quantitative estimate of drug-likeness (QED) is 0.0962. The van der Waals surface area contributed by atoms with Gasteiger partial charge >= 0.3 is 6.03 Å². The third kappa shape index (κ3) is 7.76. The van der Waals surface area contributed by atoms with Crippen molar-refractivity contribution in [1.29, 1.82) is 0 Å². The number of carbonyl (C=O) groups is 1. The van der Waals surface area contributed by atoms with Gasteiger partial charge in [-0.25, -0.2) is 14.0 Å². The number of urea groups is 1. The number of unbranched alkanes of at least 4 members (excludes halogenated alkanes) is 1. The number of benzene rings is 1. The number of carbonyl (C=O) groups excluding carboxylic acids is 1. The van der Waals surface area contributed by atoms with Crippen LogP contribution >= 0.6 is 27.5 Å². The molecular formula is C21H21BrClN7O5S. The molecule has 0 bridgehead atoms. The lowest BCUT2D eigenvalue weighted by molar-refractivity contribution is -0.385. The van der Waals surface area contributed by atoms with Gasteiger partial charge in [-0.2, -0.15) is 4.98 Å². The summed E-state index contributed by atoms with van der Waals surface area (Å²) in [6, 6.07) is 6.02. The zero-order valence-electron chi connectivity index (χ0n) is 18.6. The minimum atomic E-state index is -3.42. The molecule has 15 heteroatoms. The van der Waals surface area contributed by atoms with Crippen LogP contribution in [0, 0.1) is 10.1 Å². The predicted octanol–water partition coefficient (Wildman–Crippen LogP) is 4.28. The van der Waals surface area contributed by atoms with Gasteiger partial charge in [0.2, 0.25) is 5.28 Å². The summed E-state index contributed by atoms with van der Waals surface area (Å²) in [7, 11) is -3.42. The van der Waals surface area contributed by atoms with Gasteiger partial charge in [0.25, 0.3) is 5.69 Å². The molecule has 0 aliphatic rings. The zero-order chi connectivity index (χ0) is 26.1. The minimum Gasteiger partial charge on any atom is -0.492 e. The number of nitro groups is 1. The van der Waals surface area contributed by atoms with Crippen molar-refractivity contribution in [2.45, 2.75) is 17.7 Å². The largest absolute Gasteiger partial charge is 0.492 e. The molecule has 3 aromatic rings. The number of halogens is 2. The van der Waals surface area contributed by atoms with Gasteiger partial charge in [-0.05, 0) is 64.4 Å². The van der Waals surface area contributed by atoms with Gasteiger partial charge < -0.3 is 15.4 Å². The molecular weight excluding hydrogens is 578 g/mol. The SMILES string of the molecule is C=S(=O)(NC(=O)Nc1cccnc1)c1ccc([N+](=O)[O-])cc1OCCCCNc1nc(Cl)ncc1Br. The Kier molecular flexibility index (Phi) is 9.38. The van der Waals surface area contributed by atoms with E-state index in [9.17, 15) is 19.1 Å². The van der Waals surface area contributed by atoms with Crippen LogP contribution in [0.2, 0.25) is 5.28 Å². The number of nitrogens with one attached hydrogen (secondary N) is 3. The lowest BCUT2D eigenvalue weighted by Crippen LogP contribution is -2.34. The highest BCUT2D eigenvalue weighted by Gasteiger charge is 2.20. The third-order valence-corrected chi connectivity index (χ3v) is 6.83. The molecule has 0 aliphatic heterocycles. The number of non-ortho nitro benzene ring substituents is 1. The topological polar surface area (TPSA) is 161 Å². The number of nitro benzene ring substituents is 1. The first-order chi connectivity index (χ1) is 17.2. The lowest BCUT2D eigenvalue weighted by Gasteiger charge is -2.16. The number of nitrogens with zero attached hydrogens (tertiary/aromatic N) is 4. The number of pyridine rings is 1. The van der Waals surface area contributed by atoms with Gasteiger partial charge in [0.15, 0.2) is 0 Å². The summed E-state index contributed by atoms with van der Waals surface area (Å²) in [5.41, 5.74) is 0.131. The molecule has 1 unspecified atom stereocenters. The highest BCUT2D eigenvalue weighted by atomic mass is 79.9. The normalized spacial score (nSPS) is 12.3. The maximum atomic E-state index is 13.3. The van der Waals surface area contributed by atoms with Gasteiger partial charge in [0, 0.05) is 25.0 Å². The molecule has 3 N–H and O–H groups in total. The first kappa shape index (κ1) is 27.1. The van der Waals surface area contributed by atoms with Crippen LogP contribution in [0.25, 0.3) is 0 Å². The molecule has 36 heavy (non-hydrogen) atoms. The fourth-order valence-electron chi connectivity index (χ4n) is 2.88. The number of rotatable bonds is 11. The fraction of sp³-hybridized carbons (Fsp3) is 0.190. The van der Waals surface area contributed by atoms with E-state index in [1.54, 1.807) is 12.1 Å². The van der Waals surface area contributed by atoms with E-state index in [-0.39, 0.29) is 28.2 Å². The Morgan fingerprint density at radius 1 is 1.28 bits per heavy atom. The standard InChI is InChI=1S/C21H21BrClN7O5S/c1-36(34,29-21(31)27-14-5-4-8-24-12-14)18-7-6-15(30(32)33)11-17(18)35-10-3-2-9-25-19-16(22)13-26-20(23)28-19/h4-8,11-13H,1-3,9-10H2,(H,25,26,28)(H2,27,29,31,34). The average Bonchev–Trinajstić information content (AvgIpc) is 2.83. The van der Waals surface area contributed by atoms with Crippen molar-refractivity contribution in [1.82, 2.24) is 19.7 Å². The summed E-state index contributed by atoms with van der Waals surface area (Å²) in [5.74, 6) is 4.15. The fourth-order valence-corrected chi connectivity index (χ4v) is 4.53. The Bertz CT molecular complexity index is 1350. The number of aromatic nitrogens is 3. The summed E-state index contributed by atoms with van der Waals surface area (Å²) < 4.78 is 21.9. The number of hydrogen-bond donors (Lipinski definition) is 3. The molecule has 0 radical (unpaired) electrons. The van der Waals surface area contributed by atoms with Crippen molar-refractivity contribution in [3.63, 3.8) is 0 Å². The van der Waals surface area contributed by atoms with E-state index in [0.29, 0.717) is 35.4 Å². The van der Waals surface area contributed by atoms with E-state index in [1.807, 2.05) is 0 Å². The minimum absolute atomic E-state index is 0.0100. The Balaban J connectivity index is 1.62. The van der Waals surface area contributed by atoms with E-state index < -0.39 is 20.7 Å². The second-order valence-corrected chi connectivity index (χ2v) is 10.4. The van der Waals surface area contributed by atoms with Crippen LogP contribution < -0.4 is 20.1 Å². The molecule has 1 aromatic carbocycles. The van der Waals surface area contributed by atoms with E-state index in [4.69, 9.17) is 16.3 Å². The van der Waals surface area contributed by atoms with Crippen molar-refractivity contribution >= 4 is 66.3 Å². The van der Waals surface area contributed by atoms with E-state index in [2.05, 4.69) is 52.1 Å². The molecule has 0 saturated heterocycles. The molecule has 2 amide bonds. The number of hydrogen-bond acceptors (Lipinski definition) is 9. The second kappa shape index (κ2) is 12.5. The van der Waals surface area contributed by atoms with Gasteiger partial charge in [-0.15, -0.1) is 0 Å². The first-order valence-corrected chi connectivity index (χ1v) is 13.2. The van der Waals surface area contributed by atoms with Gasteiger partial charge in [-0.3, -0.25) is 19.8 Å². The van der Waals surface area contributed by atoms with Crippen molar-refractivity contribution in [3.8, 4) is 5.75 Å². The Morgan fingerprint density at radius 2 is 2.08 bits per heavy atom. The highest BCUT2D eigenvalue weighted by Crippen LogP contribution is 2.29. The van der Waals surface area contributed by atoms with Crippen LogP contribution in [0.4, 0.5) is 22.0 Å². The molecule has 2 aromatic heterocycles. The van der Waals surface area contributed by atoms with Crippen molar-refractivity contribution in [2.24, 2.45) is 0 Å². The van der Waals surface area contributed by atoms with Gasteiger partial charge in [0.1, 0.15) is 11.6 Å². The molecule has 12 nitrogen and oxygen atoms in total. The molecule has 0 aliphatic carbocycles. The van der Waals surface area contributed by atoms with Crippen LogP contribution in [0.5, 0.6) is 5.75 Å². The highest BCUT2D eigenvalue weighted by molar-refractivity contribution is 9.10. The van der Waals surface area contributed by atoms with Crippen LogP contribution in [-0.4, -0.2) is 49.1 Å². The summed E-state index contributed by atoms with van der Waals surface area (Å²) in [6.07, 6.45) is 5.70. The average molecular weight is 599 g/mol. The lowest BCUT2D eigenvalue weighted by atomic mass is 10.3. The molecule has 0 saturated carbocycles. The third-order valence-electron chi connectivity index (χ3n) is 4.51. The smallest absolute Gasteiger partial charge is 0.330 e. The van der Waals surface area contributed by atoms with E-state index >= 15 is 0 Å². The zero-order valence-corrected chi connectivity index (χ0v) is 21.8. The predicted molar refractivity (Wildman–Crippen MR) is 141 cm³/mol. The molecule has 190 valence electrons. The maximum absolute atomic E-state index is 13.3. The molecule has 2 heterocycles. The first-order valence-electron chi connectivity index (χ1n) is 10.3. The van der Waals surface area contributed by atoms with E-state index in [1.165, 1.54) is 30.7 Å². The number of ether oxygens (including phenoxy) is 1. The summed E-state index contributed by atoms with van der Waals surface area (Å²) in [5, 5.41) is 17.0. The van der Waals surface area contributed by atoms with Gasteiger partial charge in [-0.1, -0.05) is 0 Å². The summed E-state index contributed by atoms with van der Waals surface area (Å²) in [4.78, 5) is 34.8. The molecule has 0 spiro atoms. The van der Waals surface area contributed by atoms with Crippen LogP contribution in [0.3, 0.4) is 0 Å². The Hall–Kier alpha value is -3.49. The maximum Gasteiger partial charge on any atom is 0.330 e. The number of anilines is 2. The van der Waals surface area contributed by atoms with Crippen LogP contribution in [0.1, 0.15) is 12.8 Å². The van der Waals surface area contributed by atoms with E-state index in [0.717, 1.165) is 6.07 Å². The molecule has 0 fully saturated rings. The summed E-state index contributed by atoms with van der Waals surface area (Å²) in [6.45, 7) is 0.707. The van der Waals surface area contributed by atoms with Crippen molar-refractivity contribution in [3.05, 3.63) is 68.8 Å². The molecule has 1 atom stereocenters. The van der Waals surface area contributed by atoms with Crippen molar-refractivity contribution in [2.75, 3.05) is 23.8 Å². The number of amides is 2.